The number of fused-ring (bicyclic) bond motifs is 1. The molecule has 6 rings (SSSR count). The van der Waals surface area contributed by atoms with Gasteiger partial charge < -0.3 is 19.1 Å². The van der Waals surface area contributed by atoms with E-state index in [1.807, 2.05) is 78.9 Å². The Morgan fingerprint density at radius 2 is 1.62 bits per heavy atom. The molecule has 0 spiro atoms. The lowest BCUT2D eigenvalue weighted by Crippen LogP contribution is -2.14. The molecule has 1 saturated carbocycles. The van der Waals surface area contributed by atoms with E-state index in [0.717, 1.165) is 35.3 Å². The Morgan fingerprint density at radius 3 is 2.38 bits per heavy atom. The largest absolute Gasteiger partial charge is 0.489 e. The summed E-state index contributed by atoms with van der Waals surface area (Å²) < 4.78 is 14.4. The highest BCUT2D eigenvalue weighted by atomic mass is 35.5. The Bertz CT molecular complexity index is 1640. The van der Waals surface area contributed by atoms with Gasteiger partial charge in [0.15, 0.2) is 0 Å². The Labute approximate surface area is 237 Å². The smallest absolute Gasteiger partial charge is 0.335 e. The van der Waals surface area contributed by atoms with E-state index in [0.29, 0.717) is 40.4 Å². The molecule has 0 amide bonds. The monoisotopic (exact) mass is 552 g/mol. The average Bonchev–Trinajstić information content (AvgIpc) is 3.37. The molecule has 0 bridgehead atoms. The van der Waals surface area contributed by atoms with Crippen molar-refractivity contribution in [3.8, 4) is 28.6 Å². The van der Waals surface area contributed by atoms with Crippen molar-refractivity contribution in [3.63, 3.8) is 0 Å². The first-order chi connectivity index (χ1) is 19.5. The van der Waals surface area contributed by atoms with Crippen molar-refractivity contribution in [2.45, 2.75) is 44.8 Å². The predicted molar refractivity (Wildman–Crippen MR) is 157 cm³/mol. The van der Waals surface area contributed by atoms with Gasteiger partial charge >= 0.3 is 5.97 Å². The summed E-state index contributed by atoms with van der Waals surface area (Å²) in [6.45, 7) is 0.436. The number of imidazole rings is 1. The van der Waals surface area contributed by atoms with Crippen LogP contribution in [-0.2, 0) is 6.61 Å². The molecule has 1 aliphatic rings. The van der Waals surface area contributed by atoms with Gasteiger partial charge in [0.2, 0.25) is 0 Å². The van der Waals surface area contributed by atoms with Crippen LogP contribution in [0.2, 0.25) is 5.02 Å². The summed E-state index contributed by atoms with van der Waals surface area (Å²) in [7, 11) is 0. The van der Waals surface area contributed by atoms with Crippen molar-refractivity contribution >= 4 is 28.6 Å². The van der Waals surface area contributed by atoms with Gasteiger partial charge in [-0.15, -0.1) is 0 Å². The Kier molecular flexibility index (Phi) is 7.43. The van der Waals surface area contributed by atoms with E-state index in [1.54, 1.807) is 12.1 Å². The van der Waals surface area contributed by atoms with E-state index in [2.05, 4.69) is 4.57 Å². The maximum atomic E-state index is 11.6. The molecule has 5 aromatic rings. The number of rotatable bonds is 8. The molecule has 6 nitrogen and oxygen atoms in total. The van der Waals surface area contributed by atoms with Crippen molar-refractivity contribution in [1.29, 1.82) is 0 Å². The second-order valence-electron chi connectivity index (χ2n) is 10.1. The summed E-state index contributed by atoms with van der Waals surface area (Å²) in [5, 5.41) is 10.2. The minimum absolute atomic E-state index is 0.246. The molecule has 40 heavy (non-hydrogen) atoms. The molecule has 0 atom stereocenters. The lowest BCUT2D eigenvalue weighted by Gasteiger charge is -2.25. The van der Waals surface area contributed by atoms with Gasteiger partial charge in [-0.05, 0) is 85.1 Å². The molecule has 7 heteroatoms. The number of halogens is 1. The molecule has 1 N–H and O–H groups in total. The van der Waals surface area contributed by atoms with Crippen molar-refractivity contribution in [2.75, 3.05) is 0 Å². The fourth-order valence-corrected chi connectivity index (χ4v) is 5.45. The summed E-state index contributed by atoms with van der Waals surface area (Å²) in [5.41, 5.74) is 3.92. The average molecular weight is 553 g/mol. The molecule has 1 aromatic heterocycles. The number of ether oxygens (including phenoxy) is 2. The van der Waals surface area contributed by atoms with Gasteiger partial charge in [-0.2, -0.15) is 0 Å². The Balaban J connectivity index is 1.23. The molecule has 1 heterocycles. The summed E-state index contributed by atoms with van der Waals surface area (Å²) in [4.78, 5) is 16.5. The number of nitrogens with zero attached hydrogens (tertiary/aromatic N) is 2. The summed E-state index contributed by atoms with van der Waals surface area (Å²) in [6.07, 6.45) is 5.81. The van der Waals surface area contributed by atoms with Crippen LogP contribution in [0, 0.1) is 0 Å². The van der Waals surface area contributed by atoms with Crippen LogP contribution in [0.3, 0.4) is 0 Å². The van der Waals surface area contributed by atoms with Crippen LogP contribution in [-0.4, -0.2) is 20.6 Å². The third-order valence-electron chi connectivity index (χ3n) is 7.35. The van der Waals surface area contributed by atoms with E-state index in [-0.39, 0.29) is 5.56 Å². The second-order valence-corrected chi connectivity index (χ2v) is 10.6. The Morgan fingerprint density at radius 1 is 0.875 bits per heavy atom. The normalized spacial score (nSPS) is 13.8. The minimum Gasteiger partial charge on any atom is -0.489 e. The first-order valence-corrected chi connectivity index (χ1v) is 13.9. The first kappa shape index (κ1) is 26.0. The number of aromatic carboxylic acids is 1. The van der Waals surface area contributed by atoms with Crippen molar-refractivity contribution in [1.82, 2.24) is 9.55 Å². The third-order valence-corrected chi connectivity index (χ3v) is 7.60. The maximum absolute atomic E-state index is 11.6. The standard InChI is InChI=1S/C33H29ClN2O4/c34-25-14-9-22(10-15-25)21-39-28-7-4-8-29(20-28)40-27-16-11-23(12-17-27)32-35-30-19-24(33(37)38)13-18-31(30)36(32)26-5-2-1-3-6-26/h4,7-20,26H,1-3,5-6,21H2,(H,37,38). The molecule has 4 aromatic carbocycles. The number of aromatic nitrogens is 2. The van der Waals surface area contributed by atoms with Gasteiger partial charge in [0.1, 0.15) is 29.7 Å². The number of benzene rings is 4. The zero-order valence-electron chi connectivity index (χ0n) is 21.9. The SMILES string of the molecule is O=C(O)c1ccc2c(c1)nc(-c1ccc(Oc3cccc(OCc4ccc(Cl)cc4)c3)cc1)n2C1CCCCC1. The van der Waals surface area contributed by atoms with E-state index in [9.17, 15) is 9.90 Å². The van der Waals surface area contributed by atoms with Gasteiger partial charge in [0.25, 0.3) is 0 Å². The molecule has 0 aliphatic heterocycles. The first-order valence-electron chi connectivity index (χ1n) is 13.5. The van der Waals surface area contributed by atoms with Gasteiger partial charge in [0, 0.05) is 22.7 Å². The van der Waals surface area contributed by atoms with E-state index < -0.39 is 5.97 Å². The minimum atomic E-state index is -0.948. The van der Waals surface area contributed by atoms with Crippen LogP contribution in [0.5, 0.6) is 17.2 Å². The number of carboxylic acids is 1. The molecule has 1 fully saturated rings. The zero-order chi connectivity index (χ0) is 27.5. The van der Waals surface area contributed by atoms with Crippen molar-refractivity contribution in [2.24, 2.45) is 0 Å². The van der Waals surface area contributed by atoms with Gasteiger partial charge in [-0.1, -0.05) is 49.1 Å². The number of hydrogen-bond donors (Lipinski definition) is 1. The predicted octanol–water partition coefficient (Wildman–Crippen LogP) is 8.93. The molecule has 1 aliphatic carbocycles. The topological polar surface area (TPSA) is 73.6 Å². The van der Waals surface area contributed by atoms with Crippen LogP contribution in [0.4, 0.5) is 0 Å². The van der Waals surface area contributed by atoms with Crippen LogP contribution in [0.25, 0.3) is 22.4 Å². The van der Waals surface area contributed by atoms with Gasteiger partial charge in [-0.25, -0.2) is 9.78 Å². The highest BCUT2D eigenvalue weighted by Crippen LogP contribution is 2.37. The van der Waals surface area contributed by atoms with Crippen LogP contribution >= 0.6 is 11.6 Å². The van der Waals surface area contributed by atoms with Crippen molar-refractivity contribution < 1.29 is 19.4 Å². The maximum Gasteiger partial charge on any atom is 0.335 e. The van der Waals surface area contributed by atoms with E-state index >= 15 is 0 Å². The fourth-order valence-electron chi connectivity index (χ4n) is 5.33. The highest BCUT2D eigenvalue weighted by Gasteiger charge is 2.23. The van der Waals surface area contributed by atoms with Crippen LogP contribution < -0.4 is 9.47 Å². The van der Waals surface area contributed by atoms with E-state index in [1.165, 1.54) is 19.3 Å². The van der Waals surface area contributed by atoms with E-state index in [4.69, 9.17) is 26.1 Å². The fraction of sp³-hybridized carbons (Fsp3) is 0.212. The van der Waals surface area contributed by atoms with Crippen LogP contribution in [0.15, 0.2) is 91.0 Å². The van der Waals surface area contributed by atoms with Gasteiger partial charge in [-0.3, -0.25) is 0 Å². The number of carbonyl (C=O) groups is 1. The number of hydrogen-bond acceptors (Lipinski definition) is 4. The Hall–Kier alpha value is -4.29. The molecule has 0 radical (unpaired) electrons. The van der Waals surface area contributed by atoms with Crippen LogP contribution in [0.1, 0.15) is 54.1 Å². The zero-order valence-corrected chi connectivity index (χ0v) is 22.7. The molecule has 0 saturated heterocycles. The van der Waals surface area contributed by atoms with Crippen molar-refractivity contribution in [3.05, 3.63) is 107 Å². The quantitative estimate of drug-likeness (QED) is 0.208. The third kappa shape index (κ3) is 5.68. The molecule has 202 valence electrons. The molecular formula is C33H29ClN2O4. The lowest BCUT2D eigenvalue weighted by atomic mass is 9.95. The summed E-state index contributed by atoms with van der Waals surface area (Å²) >= 11 is 5.97. The molecule has 0 unspecified atom stereocenters. The molecular weight excluding hydrogens is 524 g/mol. The summed E-state index contributed by atoms with van der Waals surface area (Å²) in [5.74, 6) is 2.00. The highest BCUT2D eigenvalue weighted by molar-refractivity contribution is 6.30. The number of carboxylic acid groups (broad SMARTS) is 1. The second kappa shape index (κ2) is 11.4. The lowest BCUT2D eigenvalue weighted by molar-refractivity contribution is 0.0697. The summed E-state index contributed by atoms with van der Waals surface area (Å²) in [6, 6.07) is 28.6. The van der Waals surface area contributed by atoms with Gasteiger partial charge in [0.05, 0.1) is 16.6 Å².